The van der Waals surface area contributed by atoms with Gasteiger partial charge in [-0.25, -0.2) is 0 Å². The van der Waals surface area contributed by atoms with Crippen LogP contribution in [-0.4, -0.2) is 30.5 Å². The molecule has 0 aromatic heterocycles. The van der Waals surface area contributed by atoms with E-state index < -0.39 is 17.7 Å². The van der Waals surface area contributed by atoms with Crippen molar-refractivity contribution < 1.29 is 27.9 Å². The highest BCUT2D eigenvalue weighted by Gasteiger charge is 2.30. The average molecular weight is 275 g/mol. The molecule has 0 spiro atoms. The van der Waals surface area contributed by atoms with E-state index in [1.54, 1.807) is 0 Å². The summed E-state index contributed by atoms with van der Waals surface area (Å²) in [5.74, 6) is -1.08. The number of anilines is 1. The lowest BCUT2D eigenvalue weighted by Crippen LogP contribution is -2.28. The van der Waals surface area contributed by atoms with Crippen molar-refractivity contribution >= 4 is 17.9 Å². The number of benzene rings is 1. The fourth-order valence-electron chi connectivity index (χ4n) is 1.53. The highest BCUT2D eigenvalue weighted by atomic mass is 19.4. The van der Waals surface area contributed by atoms with Crippen molar-refractivity contribution in [3.05, 3.63) is 29.8 Å². The van der Waals surface area contributed by atoms with Crippen molar-refractivity contribution in [3.8, 4) is 0 Å². The third-order valence-electron chi connectivity index (χ3n) is 2.43. The number of carbonyl (C=O) groups excluding carboxylic acids is 1. The third kappa shape index (κ3) is 4.61. The van der Waals surface area contributed by atoms with Gasteiger partial charge in [-0.15, -0.1) is 0 Å². The lowest BCUT2D eigenvalue weighted by atomic mass is 10.1. The lowest BCUT2D eigenvalue weighted by Gasteiger charge is -2.22. The molecule has 0 radical (unpaired) electrons. The van der Waals surface area contributed by atoms with E-state index in [1.165, 1.54) is 17.0 Å². The highest BCUT2D eigenvalue weighted by Crippen LogP contribution is 2.31. The average Bonchev–Trinajstić information content (AvgIpc) is 2.33. The molecule has 0 amide bonds. The normalized spacial score (nSPS) is 11.1. The van der Waals surface area contributed by atoms with E-state index in [0.717, 1.165) is 12.1 Å². The second kappa shape index (κ2) is 6.21. The maximum absolute atomic E-state index is 12.5. The van der Waals surface area contributed by atoms with E-state index >= 15 is 0 Å². The molecule has 0 bridgehead atoms. The summed E-state index contributed by atoms with van der Waals surface area (Å²) >= 11 is 0. The fourth-order valence-corrected chi connectivity index (χ4v) is 1.53. The van der Waals surface area contributed by atoms with Gasteiger partial charge < -0.3 is 14.8 Å². The molecule has 0 aliphatic heterocycles. The molecule has 0 saturated carbocycles. The molecule has 1 aromatic carbocycles. The molecule has 0 aliphatic carbocycles. The number of nitrogens with zero attached hydrogens (tertiary/aromatic N) is 1. The first-order chi connectivity index (χ1) is 8.84. The quantitative estimate of drug-likeness (QED) is 0.808. The monoisotopic (exact) mass is 275 g/mol. The number of rotatable bonds is 6. The number of carbonyl (C=O) groups is 2. The number of aldehydes is 1. The van der Waals surface area contributed by atoms with E-state index in [-0.39, 0.29) is 25.2 Å². The number of carboxylic acids is 1. The zero-order valence-corrected chi connectivity index (χ0v) is 9.85. The van der Waals surface area contributed by atoms with Crippen molar-refractivity contribution in [2.45, 2.75) is 12.6 Å². The Bertz CT molecular complexity index is 460. The molecular formula is C12H12F3NO3. The second-order valence-electron chi connectivity index (χ2n) is 3.80. The zero-order chi connectivity index (χ0) is 14.5. The minimum Gasteiger partial charge on any atom is -0.481 e. The molecule has 0 unspecified atom stereocenters. The molecule has 104 valence electrons. The van der Waals surface area contributed by atoms with Gasteiger partial charge in [0.25, 0.3) is 0 Å². The zero-order valence-electron chi connectivity index (χ0n) is 9.85. The van der Waals surface area contributed by atoms with Gasteiger partial charge in [0.1, 0.15) is 6.29 Å². The van der Waals surface area contributed by atoms with Crippen molar-refractivity contribution in [1.29, 1.82) is 0 Å². The van der Waals surface area contributed by atoms with E-state index in [0.29, 0.717) is 6.29 Å². The molecule has 1 rings (SSSR count). The van der Waals surface area contributed by atoms with Crippen LogP contribution in [0.5, 0.6) is 0 Å². The van der Waals surface area contributed by atoms with Crippen LogP contribution in [-0.2, 0) is 15.8 Å². The number of halogens is 3. The Morgan fingerprint density at radius 1 is 1.37 bits per heavy atom. The number of hydrogen-bond acceptors (Lipinski definition) is 3. The molecule has 7 heteroatoms. The summed E-state index contributed by atoms with van der Waals surface area (Å²) in [6, 6.07) is 4.43. The van der Waals surface area contributed by atoms with Crippen LogP contribution in [0, 0.1) is 0 Å². The first-order valence-corrected chi connectivity index (χ1v) is 5.42. The Morgan fingerprint density at radius 2 is 2.05 bits per heavy atom. The number of aliphatic carboxylic acids is 1. The summed E-state index contributed by atoms with van der Waals surface area (Å²) in [6.45, 7) is -0.191. The molecule has 0 heterocycles. The van der Waals surface area contributed by atoms with Crippen LogP contribution in [0.3, 0.4) is 0 Å². The van der Waals surface area contributed by atoms with E-state index in [2.05, 4.69) is 0 Å². The first kappa shape index (κ1) is 15.0. The summed E-state index contributed by atoms with van der Waals surface area (Å²) in [6.07, 6.45) is -4.22. The van der Waals surface area contributed by atoms with E-state index in [1.807, 2.05) is 0 Å². The van der Waals surface area contributed by atoms with Crippen molar-refractivity contribution in [3.63, 3.8) is 0 Å². The summed E-state index contributed by atoms with van der Waals surface area (Å²) in [5.41, 5.74) is -0.667. The highest BCUT2D eigenvalue weighted by molar-refractivity contribution is 5.69. The van der Waals surface area contributed by atoms with Gasteiger partial charge >= 0.3 is 12.1 Å². The lowest BCUT2D eigenvalue weighted by molar-refractivity contribution is -0.138. The van der Waals surface area contributed by atoms with Gasteiger partial charge in [0, 0.05) is 12.2 Å². The molecular weight excluding hydrogens is 263 g/mol. The number of carboxylic acid groups (broad SMARTS) is 1. The predicted octanol–water partition coefficient (Wildman–Crippen LogP) is 2.19. The Kier molecular flexibility index (Phi) is 4.91. The van der Waals surface area contributed by atoms with Crippen LogP contribution in [0.2, 0.25) is 0 Å². The standard InChI is InChI=1S/C12H12F3NO3/c13-12(14,15)9-2-1-3-10(8-9)16(6-7-17)5-4-11(18)19/h1-3,7-8H,4-6H2,(H,18,19). The first-order valence-electron chi connectivity index (χ1n) is 5.42. The Labute approximate surface area is 107 Å². The maximum Gasteiger partial charge on any atom is 0.416 e. The Hall–Kier alpha value is -2.05. The number of hydrogen-bond donors (Lipinski definition) is 1. The Balaban J connectivity index is 2.95. The van der Waals surface area contributed by atoms with E-state index in [9.17, 15) is 22.8 Å². The maximum atomic E-state index is 12.5. The third-order valence-corrected chi connectivity index (χ3v) is 2.43. The molecule has 1 aromatic rings. The minimum atomic E-state index is -4.48. The summed E-state index contributed by atoms with van der Waals surface area (Å²) < 4.78 is 37.6. The minimum absolute atomic E-state index is 0.0324. The van der Waals surface area contributed by atoms with Gasteiger partial charge in [-0.2, -0.15) is 13.2 Å². The topological polar surface area (TPSA) is 57.6 Å². The SMILES string of the molecule is O=CCN(CCC(=O)O)c1cccc(C(F)(F)F)c1. The molecule has 1 N–H and O–H groups in total. The van der Waals surface area contributed by atoms with Crippen LogP contribution in [0.15, 0.2) is 24.3 Å². The Morgan fingerprint density at radius 3 is 2.58 bits per heavy atom. The second-order valence-corrected chi connectivity index (χ2v) is 3.80. The number of alkyl halides is 3. The van der Waals surface area contributed by atoms with Crippen molar-refractivity contribution in [2.75, 3.05) is 18.0 Å². The van der Waals surface area contributed by atoms with E-state index in [4.69, 9.17) is 5.11 Å². The summed E-state index contributed by atoms with van der Waals surface area (Å²) in [7, 11) is 0. The van der Waals surface area contributed by atoms with Crippen LogP contribution in [0.25, 0.3) is 0 Å². The van der Waals surface area contributed by atoms with Crippen LogP contribution in [0.4, 0.5) is 18.9 Å². The van der Waals surface area contributed by atoms with Gasteiger partial charge in [-0.05, 0) is 18.2 Å². The molecule has 19 heavy (non-hydrogen) atoms. The van der Waals surface area contributed by atoms with Gasteiger partial charge in [0.2, 0.25) is 0 Å². The fraction of sp³-hybridized carbons (Fsp3) is 0.333. The van der Waals surface area contributed by atoms with Crippen molar-refractivity contribution in [1.82, 2.24) is 0 Å². The van der Waals surface area contributed by atoms with Crippen LogP contribution in [0.1, 0.15) is 12.0 Å². The van der Waals surface area contributed by atoms with Crippen molar-refractivity contribution in [2.24, 2.45) is 0 Å². The molecule has 0 atom stereocenters. The van der Waals surface area contributed by atoms with Gasteiger partial charge in [-0.3, -0.25) is 4.79 Å². The van der Waals surface area contributed by atoms with Gasteiger partial charge in [-0.1, -0.05) is 6.07 Å². The summed E-state index contributed by atoms with van der Waals surface area (Å²) in [5, 5.41) is 8.57. The predicted molar refractivity (Wildman–Crippen MR) is 62.0 cm³/mol. The molecule has 4 nitrogen and oxygen atoms in total. The molecule has 0 aliphatic rings. The van der Waals surface area contributed by atoms with Crippen LogP contribution >= 0.6 is 0 Å². The van der Waals surface area contributed by atoms with Gasteiger partial charge in [0.05, 0.1) is 18.5 Å². The van der Waals surface area contributed by atoms with Crippen LogP contribution < -0.4 is 4.90 Å². The molecule has 0 saturated heterocycles. The molecule has 0 fully saturated rings. The summed E-state index contributed by atoms with van der Waals surface area (Å²) in [4.78, 5) is 22.3. The smallest absolute Gasteiger partial charge is 0.416 e. The van der Waals surface area contributed by atoms with Gasteiger partial charge in [0.15, 0.2) is 0 Å². The largest absolute Gasteiger partial charge is 0.481 e.